The third kappa shape index (κ3) is 4.97. The molecule has 156 valence electrons. The molecule has 0 aromatic heterocycles. The molecule has 0 bridgehead atoms. The van der Waals surface area contributed by atoms with E-state index in [1.807, 2.05) is 0 Å². The van der Waals surface area contributed by atoms with Crippen LogP contribution in [0.15, 0.2) is 18.2 Å². The molecule has 1 aromatic rings. The lowest BCUT2D eigenvalue weighted by molar-refractivity contribution is -0.0500. The Hall–Kier alpha value is -1.79. The molecule has 0 N–H and O–H groups in total. The summed E-state index contributed by atoms with van der Waals surface area (Å²) in [5.74, 6) is 2.43. The van der Waals surface area contributed by atoms with Crippen molar-refractivity contribution in [3.8, 4) is 17.2 Å². The predicted molar refractivity (Wildman–Crippen MR) is 105 cm³/mol. The van der Waals surface area contributed by atoms with Crippen molar-refractivity contribution in [3.05, 3.63) is 29.3 Å². The number of carbonyl (C=O) groups excluding carboxylic acids is 1. The Balaban J connectivity index is 3.40. The average molecular weight is 435 g/mol. The summed E-state index contributed by atoms with van der Waals surface area (Å²) in [7, 11) is -7.88. The van der Waals surface area contributed by atoms with Crippen LogP contribution in [0.1, 0.15) is 57.5 Å². The normalized spacial score (nSPS) is 12.9. The lowest BCUT2D eigenvalue weighted by Crippen LogP contribution is -2.43. The van der Waals surface area contributed by atoms with Crippen molar-refractivity contribution in [1.82, 2.24) is 0 Å². The number of rotatable bonds is 6. The summed E-state index contributed by atoms with van der Waals surface area (Å²) in [6.45, 7) is 12.8. The van der Waals surface area contributed by atoms with Crippen LogP contribution < -0.4 is 4.18 Å². The van der Waals surface area contributed by atoms with Crippen molar-refractivity contribution in [2.45, 2.75) is 63.7 Å². The first-order valence-corrected chi connectivity index (χ1v) is 12.5. The van der Waals surface area contributed by atoms with E-state index in [0.29, 0.717) is 28.5 Å². The molecule has 28 heavy (non-hydrogen) atoms. The quantitative estimate of drug-likeness (QED) is 0.200. The van der Waals surface area contributed by atoms with Crippen molar-refractivity contribution in [2.75, 3.05) is 0 Å². The van der Waals surface area contributed by atoms with Gasteiger partial charge in [-0.2, -0.15) is 21.6 Å². The van der Waals surface area contributed by atoms with Crippen molar-refractivity contribution in [2.24, 2.45) is 0 Å². The van der Waals surface area contributed by atoms with Crippen LogP contribution in [0.4, 0.5) is 13.2 Å². The van der Waals surface area contributed by atoms with Crippen molar-refractivity contribution in [3.63, 3.8) is 0 Å². The molecule has 9 heteroatoms. The van der Waals surface area contributed by atoms with Crippen LogP contribution in [0, 0.1) is 11.5 Å². The molecule has 0 heterocycles. The number of carbonyl (C=O) groups is 1. The van der Waals surface area contributed by atoms with E-state index >= 15 is 0 Å². The SMILES string of the molecule is CC(C)[Si](C#Cc1ccc(OS(=O)(=O)C(F)(F)F)cc1C=O)(C(C)C)C(C)C. The smallest absolute Gasteiger partial charge is 0.376 e. The van der Waals surface area contributed by atoms with E-state index in [1.54, 1.807) is 0 Å². The molecule has 1 rings (SSSR count). The van der Waals surface area contributed by atoms with Gasteiger partial charge in [-0.25, -0.2) is 0 Å². The summed E-state index contributed by atoms with van der Waals surface area (Å²) in [5, 5.41) is 0. The van der Waals surface area contributed by atoms with Crippen molar-refractivity contribution >= 4 is 24.5 Å². The fourth-order valence-electron chi connectivity index (χ4n) is 3.59. The van der Waals surface area contributed by atoms with E-state index in [2.05, 4.69) is 57.2 Å². The van der Waals surface area contributed by atoms with E-state index in [4.69, 9.17) is 0 Å². The maximum Gasteiger partial charge on any atom is 0.534 e. The summed E-state index contributed by atoms with van der Waals surface area (Å²) < 4.78 is 63.7. The van der Waals surface area contributed by atoms with Gasteiger partial charge < -0.3 is 4.18 Å². The van der Waals surface area contributed by atoms with Gasteiger partial charge in [0.15, 0.2) is 6.29 Å². The number of benzene rings is 1. The average Bonchev–Trinajstić information content (AvgIpc) is 2.53. The molecular formula is C19H25F3O4SSi. The summed E-state index contributed by atoms with van der Waals surface area (Å²) in [6.07, 6.45) is 0.417. The second-order valence-electron chi connectivity index (χ2n) is 7.50. The van der Waals surface area contributed by atoms with Gasteiger partial charge in [0.05, 0.1) is 0 Å². The highest BCUT2D eigenvalue weighted by Gasteiger charge is 2.48. The molecule has 0 spiro atoms. The van der Waals surface area contributed by atoms with Crippen LogP contribution in [-0.4, -0.2) is 28.3 Å². The Labute approximate surface area is 165 Å². The van der Waals surface area contributed by atoms with Crippen molar-refractivity contribution in [1.29, 1.82) is 0 Å². The van der Waals surface area contributed by atoms with Crippen LogP contribution in [0.5, 0.6) is 5.75 Å². The number of aldehydes is 1. The molecule has 0 radical (unpaired) electrons. The molecule has 0 aliphatic rings. The van der Waals surface area contributed by atoms with Gasteiger partial charge in [-0.3, -0.25) is 4.79 Å². The Morgan fingerprint density at radius 3 is 1.93 bits per heavy atom. The van der Waals surface area contributed by atoms with E-state index in [-0.39, 0.29) is 5.56 Å². The first-order chi connectivity index (χ1) is 12.7. The van der Waals surface area contributed by atoms with Gasteiger partial charge in [0.1, 0.15) is 13.8 Å². The van der Waals surface area contributed by atoms with E-state index in [0.717, 1.165) is 12.1 Å². The number of halogens is 3. The third-order valence-corrected chi connectivity index (χ3v) is 12.2. The molecule has 1 aromatic carbocycles. The Bertz CT molecular complexity index is 857. The van der Waals surface area contributed by atoms with E-state index < -0.39 is 29.4 Å². The zero-order chi connectivity index (χ0) is 21.9. The predicted octanol–water partition coefficient (Wildman–Crippen LogP) is 5.30. The first-order valence-electron chi connectivity index (χ1n) is 8.82. The highest BCUT2D eigenvalue weighted by molar-refractivity contribution is 7.88. The van der Waals surface area contributed by atoms with Crippen LogP contribution in [0.2, 0.25) is 16.6 Å². The van der Waals surface area contributed by atoms with Gasteiger partial charge in [-0.1, -0.05) is 47.5 Å². The zero-order valence-corrected chi connectivity index (χ0v) is 18.5. The molecular weight excluding hydrogens is 409 g/mol. The molecule has 0 aliphatic heterocycles. The minimum atomic E-state index is -5.80. The number of hydrogen-bond acceptors (Lipinski definition) is 4. The standard InChI is InChI=1S/C19H25F3O4SSi/c1-13(2)28(14(3)4,15(5)6)10-9-16-7-8-18(11-17(16)12-23)26-27(24,25)19(20,21)22/h7-8,11-15H,1-6H3. The topological polar surface area (TPSA) is 60.4 Å². The number of alkyl halides is 3. The Morgan fingerprint density at radius 1 is 1.04 bits per heavy atom. The lowest BCUT2D eigenvalue weighted by atomic mass is 10.1. The first kappa shape index (κ1) is 24.2. The Kier molecular flexibility index (Phi) is 7.53. The van der Waals surface area contributed by atoms with Crippen molar-refractivity contribution < 1.29 is 30.6 Å². The van der Waals surface area contributed by atoms with Crippen LogP contribution in [0.25, 0.3) is 0 Å². The highest BCUT2D eigenvalue weighted by Crippen LogP contribution is 2.40. The van der Waals surface area contributed by atoms with Gasteiger partial charge in [0.2, 0.25) is 0 Å². The summed E-state index contributed by atoms with van der Waals surface area (Å²) in [6, 6.07) is 3.31. The second-order valence-corrected chi connectivity index (χ2v) is 14.6. The van der Waals surface area contributed by atoms with E-state index in [1.165, 1.54) is 6.07 Å². The fourth-order valence-corrected chi connectivity index (χ4v) is 9.26. The minimum Gasteiger partial charge on any atom is -0.376 e. The molecule has 0 saturated carbocycles. The van der Waals surface area contributed by atoms with Gasteiger partial charge >= 0.3 is 15.6 Å². The van der Waals surface area contributed by atoms with E-state index in [9.17, 15) is 26.4 Å². The summed E-state index contributed by atoms with van der Waals surface area (Å²) >= 11 is 0. The third-order valence-electron chi connectivity index (χ3n) is 4.92. The molecule has 0 amide bonds. The highest BCUT2D eigenvalue weighted by atomic mass is 32.2. The van der Waals surface area contributed by atoms with Crippen LogP contribution >= 0.6 is 0 Å². The Morgan fingerprint density at radius 2 is 1.54 bits per heavy atom. The monoisotopic (exact) mass is 434 g/mol. The van der Waals surface area contributed by atoms with Crippen LogP contribution in [0.3, 0.4) is 0 Å². The molecule has 4 nitrogen and oxygen atoms in total. The molecule has 0 aliphatic carbocycles. The number of hydrogen-bond donors (Lipinski definition) is 0. The summed E-state index contributed by atoms with van der Waals surface area (Å²) in [5.41, 5.74) is -0.767. The fraction of sp³-hybridized carbons (Fsp3) is 0.526. The van der Waals surface area contributed by atoms with Gasteiger partial charge in [0, 0.05) is 11.1 Å². The maximum atomic E-state index is 12.5. The molecule has 0 fully saturated rings. The minimum absolute atomic E-state index is 0.0263. The van der Waals surface area contributed by atoms with Gasteiger partial charge in [-0.15, -0.1) is 5.54 Å². The molecule has 0 atom stereocenters. The van der Waals surface area contributed by atoms with Gasteiger partial charge in [0.25, 0.3) is 0 Å². The molecule has 0 saturated heterocycles. The largest absolute Gasteiger partial charge is 0.534 e. The van der Waals surface area contributed by atoms with Crippen LogP contribution in [-0.2, 0) is 10.1 Å². The summed E-state index contributed by atoms with van der Waals surface area (Å²) in [4.78, 5) is 11.4. The van der Waals surface area contributed by atoms with Gasteiger partial charge in [-0.05, 0) is 34.8 Å². The molecule has 0 unspecified atom stereocenters. The second kappa shape index (κ2) is 8.70. The maximum absolute atomic E-state index is 12.5. The zero-order valence-electron chi connectivity index (χ0n) is 16.7. The lowest BCUT2D eigenvalue weighted by Gasteiger charge is -2.38.